The van der Waals surface area contributed by atoms with E-state index in [0.717, 1.165) is 22.0 Å². The van der Waals surface area contributed by atoms with Gasteiger partial charge >= 0.3 is 0 Å². The number of aryl methyl sites for hydroxylation is 2. The molecule has 0 spiro atoms. The van der Waals surface area contributed by atoms with Crippen LogP contribution >= 0.6 is 0 Å². The van der Waals surface area contributed by atoms with Gasteiger partial charge in [-0.2, -0.15) is 19.3 Å². The maximum absolute atomic E-state index is 13.4. The van der Waals surface area contributed by atoms with Crippen LogP contribution < -0.4 is 5.73 Å². The van der Waals surface area contributed by atoms with E-state index >= 15 is 0 Å². The minimum Gasteiger partial charge on any atom is -0.369 e. The number of sulfonamides is 1. The van der Waals surface area contributed by atoms with Crippen molar-refractivity contribution in [3.8, 4) is 5.69 Å². The van der Waals surface area contributed by atoms with Gasteiger partial charge < -0.3 is 5.73 Å². The number of carbonyl (C=O) groups excluding carboxylic acids is 1. The zero-order valence-corrected chi connectivity index (χ0v) is 19.8. The van der Waals surface area contributed by atoms with Crippen molar-refractivity contribution in [2.75, 3.05) is 13.1 Å². The standard InChI is InChI=1S/C23H22FN7O3S/c1-13-7-19-14(9-27-31(19)16-5-3-15(24)4-6-16)8-17(13)23-12-30(11-18(23)21(23)22(25)32)35(33,34)20-10-26-29(2)28-20/h3-10,18,21H,11-12H2,1-2H3,(H2,25,32)/t18-,21+,23+/m0/s1. The maximum Gasteiger partial charge on any atom is 0.264 e. The Labute approximate surface area is 200 Å². The summed E-state index contributed by atoms with van der Waals surface area (Å²) < 4.78 is 42.9. The topological polar surface area (TPSA) is 129 Å². The summed E-state index contributed by atoms with van der Waals surface area (Å²) in [6.07, 6.45) is 2.93. The number of nitrogens with two attached hydrogens (primary N) is 1. The van der Waals surface area contributed by atoms with Crippen LogP contribution in [0, 0.1) is 24.6 Å². The quantitative estimate of drug-likeness (QED) is 0.444. The molecular weight excluding hydrogens is 473 g/mol. The van der Waals surface area contributed by atoms with Gasteiger partial charge in [0.25, 0.3) is 10.0 Å². The lowest BCUT2D eigenvalue weighted by molar-refractivity contribution is -0.120. The highest BCUT2D eigenvalue weighted by Crippen LogP contribution is 2.65. The van der Waals surface area contributed by atoms with E-state index in [9.17, 15) is 17.6 Å². The van der Waals surface area contributed by atoms with E-state index in [0.29, 0.717) is 5.69 Å². The van der Waals surface area contributed by atoms with Crippen LogP contribution in [0.4, 0.5) is 4.39 Å². The minimum atomic E-state index is -3.87. The van der Waals surface area contributed by atoms with E-state index in [1.54, 1.807) is 30.1 Å². The smallest absolute Gasteiger partial charge is 0.264 e. The number of amides is 1. The molecule has 180 valence electrons. The normalized spacial score (nSPS) is 24.1. The lowest BCUT2D eigenvalue weighted by atomic mass is 9.88. The predicted molar refractivity (Wildman–Crippen MR) is 123 cm³/mol. The fourth-order valence-corrected chi connectivity index (χ4v) is 7.12. The van der Waals surface area contributed by atoms with Crippen LogP contribution in [0.2, 0.25) is 0 Å². The van der Waals surface area contributed by atoms with Crippen molar-refractivity contribution in [1.29, 1.82) is 0 Å². The molecule has 0 radical (unpaired) electrons. The van der Waals surface area contributed by atoms with Crippen molar-refractivity contribution < 1.29 is 17.6 Å². The fraction of sp³-hybridized carbons (Fsp3) is 0.304. The minimum absolute atomic E-state index is 0.125. The molecule has 2 aliphatic rings. The van der Waals surface area contributed by atoms with E-state index in [2.05, 4.69) is 15.3 Å². The van der Waals surface area contributed by atoms with Crippen LogP contribution in [0.5, 0.6) is 0 Å². The molecular formula is C23H22FN7O3S. The van der Waals surface area contributed by atoms with Gasteiger partial charge in [0, 0.05) is 30.9 Å². The third-order valence-corrected chi connectivity index (χ3v) is 9.00. The van der Waals surface area contributed by atoms with Gasteiger partial charge in [0.15, 0.2) is 0 Å². The number of hydrogen-bond acceptors (Lipinski definition) is 6. The molecule has 3 heterocycles. The molecule has 3 atom stereocenters. The Balaban J connectivity index is 1.42. The number of piperidine rings is 1. The third-order valence-electron chi connectivity index (χ3n) is 7.32. The van der Waals surface area contributed by atoms with Gasteiger partial charge in [-0.3, -0.25) is 4.79 Å². The van der Waals surface area contributed by atoms with Crippen LogP contribution in [0.15, 0.2) is 53.8 Å². The number of benzene rings is 2. The zero-order valence-electron chi connectivity index (χ0n) is 19.0. The van der Waals surface area contributed by atoms with E-state index in [1.165, 1.54) is 27.4 Å². The number of fused-ring (bicyclic) bond motifs is 2. The zero-order chi connectivity index (χ0) is 24.7. The number of halogens is 1. The predicted octanol–water partition coefficient (Wildman–Crippen LogP) is 1.28. The Morgan fingerprint density at radius 3 is 2.57 bits per heavy atom. The largest absolute Gasteiger partial charge is 0.369 e. The molecule has 2 aromatic heterocycles. The first-order chi connectivity index (χ1) is 16.6. The van der Waals surface area contributed by atoms with Crippen molar-refractivity contribution in [1.82, 2.24) is 29.1 Å². The second-order valence-corrected chi connectivity index (χ2v) is 11.1. The average molecular weight is 496 g/mol. The van der Waals surface area contributed by atoms with Gasteiger partial charge in [-0.15, -0.1) is 5.10 Å². The van der Waals surface area contributed by atoms with Gasteiger partial charge in [-0.1, -0.05) is 0 Å². The third kappa shape index (κ3) is 3.06. The monoisotopic (exact) mass is 495 g/mol. The van der Waals surface area contributed by atoms with Gasteiger partial charge in [0.2, 0.25) is 10.9 Å². The Bertz CT molecular complexity index is 1610. The maximum atomic E-state index is 13.4. The summed E-state index contributed by atoms with van der Waals surface area (Å²) in [5, 5.41) is 13.0. The molecule has 1 aliphatic heterocycles. The second kappa shape index (κ2) is 7.18. The summed E-state index contributed by atoms with van der Waals surface area (Å²) in [4.78, 5) is 13.6. The molecule has 2 N–H and O–H groups in total. The number of nitrogens with zero attached hydrogens (tertiary/aromatic N) is 6. The lowest BCUT2D eigenvalue weighted by Gasteiger charge is -2.23. The molecule has 1 amide bonds. The van der Waals surface area contributed by atoms with Gasteiger partial charge in [-0.05, 0) is 60.4 Å². The fourth-order valence-electron chi connectivity index (χ4n) is 5.71. The second-order valence-electron chi connectivity index (χ2n) is 9.26. The summed E-state index contributed by atoms with van der Waals surface area (Å²) in [5.41, 5.74) is 8.36. The first-order valence-electron chi connectivity index (χ1n) is 11.0. The van der Waals surface area contributed by atoms with Crippen LogP contribution in [0.3, 0.4) is 0 Å². The van der Waals surface area contributed by atoms with Gasteiger partial charge in [0.1, 0.15) is 5.82 Å². The van der Waals surface area contributed by atoms with Crippen molar-refractivity contribution in [2.24, 2.45) is 24.6 Å². The SMILES string of the molecule is Cc1cc2c(cnn2-c2ccc(F)cc2)cc1[C@]12CN(S(=O)(=O)c3cnn(C)n3)C[C@H]1[C@@H]2C(N)=O. The first kappa shape index (κ1) is 21.9. The number of hydrogen-bond donors (Lipinski definition) is 1. The van der Waals surface area contributed by atoms with E-state index in [4.69, 9.17) is 5.73 Å². The first-order valence-corrected chi connectivity index (χ1v) is 12.5. The molecule has 35 heavy (non-hydrogen) atoms. The van der Waals surface area contributed by atoms with Crippen molar-refractivity contribution in [2.45, 2.75) is 17.4 Å². The molecule has 10 nitrogen and oxygen atoms in total. The summed E-state index contributed by atoms with van der Waals surface area (Å²) in [6.45, 7) is 2.24. The van der Waals surface area contributed by atoms with Gasteiger partial charge in [0.05, 0.1) is 29.5 Å². The molecule has 0 bridgehead atoms. The summed E-state index contributed by atoms with van der Waals surface area (Å²) in [7, 11) is -2.32. The molecule has 4 aromatic rings. The summed E-state index contributed by atoms with van der Waals surface area (Å²) >= 11 is 0. The van der Waals surface area contributed by atoms with Crippen LogP contribution in [-0.2, 0) is 27.3 Å². The number of carbonyl (C=O) groups is 1. The highest BCUT2D eigenvalue weighted by Gasteiger charge is 2.73. The molecule has 0 unspecified atom stereocenters. The van der Waals surface area contributed by atoms with Crippen LogP contribution in [-0.4, -0.2) is 56.5 Å². The van der Waals surface area contributed by atoms with Crippen molar-refractivity contribution in [3.05, 3.63) is 65.7 Å². The van der Waals surface area contributed by atoms with E-state index in [-0.39, 0.29) is 29.9 Å². The van der Waals surface area contributed by atoms with E-state index < -0.39 is 27.3 Å². The molecule has 1 saturated heterocycles. The molecule has 6 rings (SSSR count). The molecule has 2 fully saturated rings. The summed E-state index contributed by atoms with van der Waals surface area (Å²) in [5.74, 6) is -1.45. The number of primary amides is 1. The number of rotatable bonds is 5. The average Bonchev–Trinajstić information content (AvgIpc) is 3.23. The summed E-state index contributed by atoms with van der Waals surface area (Å²) in [6, 6.07) is 9.97. The molecule has 12 heteroatoms. The van der Waals surface area contributed by atoms with Crippen molar-refractivity contribution >= 4 is 26.8 Å². The molecule has 2 aromatic carbocycles. The van der Waals surface area contributed by atoms with Gasteiger partial charge in [-0.25, -0.2) is 17.5 Å². The van der Waals surface area contributed by atoms with Crippen molar-refractivity contribution in [3.63, 3.8) is 0 Å². The lowest BCUT2D eigenvalue weighted by Crippen LogP contribution is -2.37. The molecule has 1 aliphatic carbocycles. The number of aromatic nitrogens is 5. The molecule has 1 saturated carbocycles. The van der Waals surface area contributed by atoms with Crippen LogP contribution in [0.1, 0.15) is 11.1 Å². The van der Waals surface area contributed by atoms with E-state index in [1.807, 2.05) is 19.1 Å². The van der Waals surface area contributed by atoms with Crippen LogP contribution in [0.25, 0.3) is 16.6 Å². The highest BCUT2D eigenvalue weighted by molar-refractivity contribution is 7.89. The Morgan fingerprint density at radius 2 is 1.91 bits per heavy atom. The Kier molecular flexibility index (Phi) is 4.49. The Morgan fingerprint density at radius 1 is 1.17 bits per heavy atom. The highest BCUT2D eigenvalue weighted by atomic mass is 32.2. The Hall–Kier alpha value is -3.64.